The molecule has 0 aliphatic rings. The number of hydrogen-bond donors (Lipinski definition) is 2. The van der Waals surface area contributed by atoms with Gasteiger partial charge in [0.1, 0.15) is 5.75 Å². The van der Waals surface area contributed by atoms with E-state index in [2.05, 4.69) is 0 Å². The van der Waals surface area contributed by atoms with Gasteiger partial charge in [-0.2, -0.15) is 0 Å². The van der Waals surface area contributed by atoms with E-state index in [4.69, 9.17) is 14.9 Å². The highest BCUT2D eigenvalue weighted by atomic mass is 16.5. The Balaban J connectivity index is 2.81. The molecular formula is C12H10O5. The summed E-state index contributed by atoms with van der Waals surface area (Å²) in [5, 5.41) is 17.2. The summed E-state index contributed by atoms with van der Waals surface area (Å²) in [6.45, 7) is 0. The van der Waals surface area contributed by atoms with E-state index in [0.29, 0.717) is 5.75 Å². The van der Waals surface area contributed by atoms with E-state index in [1.807, 2.05) is 0 Å². The molecule has 1 rings (SSSR count). The molecule has 5 heteroatoms. The lowest BCUT2D eigenvalue weighted by Gasteiger charge is -2.04. The number of carboxylic acids is 2. The lowest BCUT2D eigenvalue weighted by Crippen LogP contribution is -2.07. The number of ether oxygens (including phenoxy) is 1. The highest BCUT2D eigenvalue weighted by molar-refractivity contribution is 5.86. The smallest absolute Gasteiger partial charge is 0.371 e. The molecule has 0 saturated carbocycles. The van der Waals surface area contributed by atoms with Crippen LogP contribution in [0.2, 0.25) is 0 Å². The first-order valence-corrected chi connectivity index (χ1v) is 4.67. The van der Waals surface area contributed by atoms with Crippen molar-refractivity contribution in [2.75, 3.05) is 0 Å². The molecule has 2 N–H and O–H groups in total. The van der Waals surface area contributed by atoms with E-state index in [0.717, 1.165) is 18.2 Å². The zero-order valence-electron chi connectivity index (χ0n) is 8.74. The van der Waals surface area contributed by atoms with E-state index in [1.54, 1.807) is 30.3 Å². The molecule has 0 atom stereocenters. The van der Waals surface area contributed by atoms with Crippen LogP contribution in [0, 0.1) is 0 Å². The molecule has 0 heterocycles. The van der Waals surface area contributed by atoms with Crippen LogP contribution >= 0.6 is 0 Å². The largest absolute Gasteiger partial charge is 0.478 e. The molecule has 0 aliphatic heterocycles. The molecule has 0 saturated heterocycles. The third kappa shape index (κ3) is 4.65. The Morgan fingerprint density at radius 3 is 2.29 bits per heavy atom. The average Bonchev–Trinajstić information content (AvgIpc) is 2.28. The topological polar surface area (TPSA) is 83.8 Å². The molecule has 0 amide bonds. The lowest BCUT2D eigenvalue weighted by atomic mass is 10.3. The maximum Gasteiger partial charge on any atom is 0.371 e. The molecular weight excluding hydrogens is 224 g/mol. The van der Waals surface area contributed by atoms with Crippen molar-refractivity contribution in [2.45, 2.75) is 0 Å². The Morgan fingerprint density at radius 2 is 1.76 bits per heavy atom. The fourth-order valence-electron chi connectivity index (χ4n) is 0.982. The van der Waals surface area contributed by atoms with Gasteiger partial charge < -0.3 is 14.9 Å². The first-order valence-electron chi connectivity index (χ1n) is 4.67. The summed E-state index contributed by atoms with van der Waals surface area (Å²) >= 11 is 0. The van der Waals surface area contributed by atoms with Gasteiger partial charge in [-0.25, -0.2) is 9.59 Å². The van der Waals surface area contributed by atoms with E-state index in [9.17, 15) is 9.59 Å². The number of rotatable bonds is 5. The third-order valence-corrected chi connectivity index (χ3v) is 1.67. The molecule has 17 heavy (non-hydrogen) atoms. The highest BCUT2D eigenvalue weighted by Crippen LogP contribution is 2.12. The predicted molar refractivity (Wildman–Crippen MR) is 59.6 cm³/mol. The summed E-state index contributed by atoms with van der Waals surface area (Å²) in [4.78, 5) is 21.0. The van der Waals surface area contributed by atoms with Crippen molar-refractivity contribution in [3.63, 3.8) is 0 Å². The second kappa shape index (κ2) is 6.12. The van der Waals surface area contributed by atoms with Crippen molar-refractivity contribution in [3.8, 4) is 5.75 Å². The highest BCUT2D eigenvalue weighted by Gasteiger charge is 2.08. The average molecular weight is 234 g/mol. The number of carboxylic acid groups (broad SMARTS) is 2. The molecule has 0 fully saturated rings. The van der Waals surface area contributed by atoms with Gasteiger partial charge in [-0.15, -0.1) is 0 Å². The fourth-order valence-corrected chi connectivity index (χ4v) is 0.982. The van der Waals surface area contributed by atoms with Gasteiger partial charge in [-0.3, -0.25) is 0 Å². The van der Waals surface area contributed by atoms with Crippen molar-refractivity contribution < 1.29 is 24.5 Å². The second-order valence-corrected chi connectivity index (χ2v) is 2.95. The van der Waals surface area contributed by atoms with Crippen molar-refractivity contribution in [1.82, 2.24) is 0 Å². The number of carbonyl (C=O) groups is 2. The molecule has 0 spiro atoms. The fraction of sp³-hybridized carbons (Fsp3) is 0. The zero-order valence-corrected chi connectivity index (χ0v) is 8.74. The monoisotopic (exact) mass is 234 g/mol. The summed E-state index contributed by atoms with van der Waals surface area (Å²) in [6, 6.07) is 8.35. The standard InChI is InChI=1S/C12H10O5/c13-11(14)8-4-7-10(12(15)16)17-9-5-2-1-3-6-9/h1-8H,(H,13,14)(H,15,16). The summed E-state index contributed by atoms with van der Waals surface area (Å²) in [7, 11) is 0. The molecule has 0 aliphatic carbocycles. The number of para-hydroxylation sites is 1. The minimum absolute atomic E-state index is 0.353. The van der Waals surface area contributed by atoms with Gasteiger partial charge in [-0.1, -0.05) is 24.3 Å². The first-order chi connectivity index (χ1) is 8.09. The van der Waals surface area contributed by atoms with E-state index in [1.165, 1.54) is 0 Å². The SMILES string of the molecule is O=C(O)C=CC=C(Oc1ccccc1)C(=O)O. The normalized spacial score (nSPS) is 11.4. The Labute approximate surface area is 97.3 Å². The molecule has 5 nitrogen and oxygen atoms in total. The van der Waals surface area contributed by atoms with Crippen LogP contribution in [0.15, 0.2) is 54.3 Å². The van der Waals surface area contributed by atoms with Crippen molar-refractivity contribution in [2.24, 2.45) is 0 Å². The lowest BCUT2D eigenvalue weighted by molar-refractivity contribution is -0.135. The van der Waals surface area contributed by atoms with Gasteiger partial charge in [0.15, 0.2) is 0 Å². The third-order valence-electron chi connectivity index (χ3n) is 1.67. The number of aliphatic carboxylic acids is 2. The van der Waals surface area contributed by atoms with Crippen LogP contribution in [0.1, 0.15) is 0 Å². The van der Waals surface area contributed by atoms with Crippen LogP contribution in [-0.2, 0) is 9.59 Å². The van der Waals surface area contributed by atoms with E-state index in [-0.39, 0.29) is 5.76 Å². The zero-order chi connectivity index (χ0) is 12.7. The maximum absolute atomic E-state index is 10.8. The Kier molecular flexibility index (Phi) is 4.50. The maximum atomic E-state index is 10.8. The van der Waals surface area contributed by atoms with Crippen molar-refractivity contribution in [3.05, 3.63) is 54.3 Å². The minimum Gasteiger partial charge on any atom is -0.478 e. The molecule has 0 bridgehead atoms. The molecule has 88 valence electrons. The van der Waals surface area contributed by atoms with Gasteiger partial charge in [0.05, 0.1) is 0 Å². The van der Waals surface area contributed by atoms with E-state index < -0.39 is 11.9 Å². The van der Waals surface area contributed by atoms with Gasteiger partial charge in [0.2, 0.25) is 5.76 Å². The minimum atomic E-state index is -1.27. The van der Waals surface area contributed by atoms with Gasteiger partial charge in [0.25, 0.3) is 0 Å². The van der Waals surface area contributed by atoms with Crippen molar-refractivity contribution >= 4 is 11.9 Å². The summed E-state index contributed by atoms with van der Waals surface area (Å²) in [5.74, 6) is -2.42. The Hall–Kier alpha value is -2.56. The summed E-state index contributed by atoms with van der Waals surface area (Å²) < 4.78 is 5.08. The number of allylic oxidation sites excluding steroid dienone is 2. The first kappa shape index (κ1) is 12.5. The van der Waals surface area contributed by atoms with Crippen LogP contribution in [0.4, 0.5) is 0 Å². The Morgan fingerprint density at radius 1 is 1.12 bits per heavy atom. The number of benzene rings is 1. The second-order valence-electron chi connectivity index (χ2n) is 2.95. The van der Waals surface area contributed by atoms with Gasteiger partial charge in [-0.05, 0) is 18.2 Å². The quantitative estimate of drug-likeness (QED) is 0.460. The Bertz CT molecular complexity index is 459. The van der Waals surface area contributed by atoms with Crippen LogP contribution in [-0.4, -0.2) is 22.2 Å². The van der Waals surface area contributed by atoms with Crippen LogP contribution in [0.5, 0.6) is 5.75 Å². The molecule has 0 unspecified atom stereocenters. The molecule has 0 aromatic heterocycles. The van der Waals surface area contributed by atoms with Crippen LogP contribution < -0.4 is 4.74 Å². The predicted octanol–water partition coefficient (Wildman–Crippen LogP) is 1.67. The molecule has 1 aromatic rings. The molecule has 0 radical (unpaired) electrons. The van der Waals surface area contributed by atoms with E-state index >= 15 is 0 Å². The number of hydrogen-bond acceptors (Lipinski definition) is 3. The van der Waals surface area contributed by atoms with Gasteiger partial charge in [0, 0.05) is 6.08 Å². The summed E-state index contributed by atoms with van der Waals surface area (Å²) in [6.07, 6.45) is 2.98. The van der Waals surface area contributed by atoms with Crippen LogP contribution in [0.25, 0.3) is 0 Å². The van der Waals surface area contributed by atoms with Crippen LogP contribution in [0.3, 0.4) is 0 Å². The molecule has 1 aromatic carbocycles. The summed E-state index contributed by atoms with van der Waals surface area (Å²) in [5.41, 5.74) is 0. The van der Waals surface area contributed by atoms with Crippen molar-refractivity contribution in [1.29, 1.82) is 0 Å². The van der Waals surface area contributed by atoms with Gasteiger partial charge >= 0.3 is 11.9 Å².